The van der Waals surface area contributed by atoms with E-state index in [0.29, 0.717) is 11.5 Å². The zero-order valence-electron chi connectivity index (χ0n) is 11.5. The normalized spacial score (nSPS) is 34.6. The summed E-state index contributed by atoms with van der Waals surface area (Å²) < 4.78 is 0. The van der Waals surface area contributed by atoms with Crippen LogP contribution in [-0.2, 0) is 6.42 Å². The average molecular weight is 264 g/mol. The summed E-state index contributed by atoms with van der Waals surface area (Å²) in [5.74, 6) is 1.97. The molecule has 0 aliphatic heterocycles. The number of nitrogens with zero attached hydrogens (tertiary/aromatic N) is 1. The molecule has 2 fully saturated rings. The second kappa shape index (κ2) is 4.93. The molecule has 0 amide bonds. The molecule has 0 spiro atoms. The second-order valence-electron chi connectivity index (χ2n) is 6.62. The van der Waals surface area contributed by atoms with Crippen molar-refractivity contribution in [2.45, 2.75) is 52.0 Å². The van der Waals surface area contributed by atoms with Crippen LogP contribution in [0.25, 0.3) is 0 Å². The molecule has 1 N–H and O–H groups in total. The van der Waals surface area contributed by atoms with E-state index in [1.807, 2.05) is 16.8 Å². The largest absolute Gasteiger partial charge is 0.314 e. The van der Waals surface area contributed by atoms with E-state index in [-0.39, 0.29) is 0 Å². The fourth-order valence-corrected chi connectivity index (χ4v) is 4.89. The average Bonchev–Trinajstić information content (AvgIpc) is 3.02. The van der Waals surface area contributed by atoms with Gasteiger partial charge in [0.05, 0.1) is 5.51 Å². The minimum absolute atomic E-state index is 0.528. The Morgan fingerprint density at radius 2 is 2.39 bits per heavy atom. The van der Waals surface area contributed by atoms with Gasteiger partial charge in [-0.1, -0.05) is 20.3 Å². The third-order valence-electron chi connectivity index (χ3n) is 4.97. The van der Waals surface area contributed by atoms with Crippen LogP contribution in [0.5, 0.6) is 0 Å². The third kappa shape index (κ3) is 2.35. The predicted molar refractivity (Wildman–Crippen MR) is 76.8 cm³/mol. The van der Waals surface area contributed by atoms with Crippen LogP contribution in [0.1, 0.15) is 44.4 Å². The predicted octanol–water partition coefficient (Wildman–Crippen LogP) is 3.49. The van der Waals surface area contributed by atoms with Crippen LogP contribution in [0, 0.1) is 17.3 Å². The second-order valence-corrected chi connectivity index (χ2v) is 7.59. The molecule has 0 saturated heterocycles. The highest BCUT2D eigenvalue weighted by atomic mass is 32.1. The zero-order chi connectivity index (χ0) is 12.6. The lowest BCUT2D eigenvalue weighted by Gasteiger charge is -2.38. The summed E-state index contributed by atoms with van der Waals surface area (Å²) in [6.45, 7) is 5.71. The molecule has 3 unspecified atom stereocenters. The molecule has 2 nitrogen and oxygen atoms in total. The summed E-state index contributed by atoms with van der Waals surface area (Å²) in [6, 6.07) is 0.600. The molecule has 100 valence electrons. The van der Waals surface area contributed by atoms with E-state index in [4.69, 9.17) is 0 Å². The maximum absolute atomic E-state index is 4.25. The summed E-state index contributed by atoms with van der Waals surface area (Å²) in [5.41, 5.74) is 2.51. The topological polar surface area (TPSA) is 24.9 Å². The third-order valence-corrected chi connectivity index (χ3v) is 5.75. The summed E-state index contributed by atoms with van der Waals surface area (Å²) >= 11 is 1.83. The Balaban J connectivity index is 1.75. The molecule has 0 radical (unpaired) electrons. The van der Waals surface area contributed by atoms with E-state index in [1.54, 1.807) is 0 Å². The first-order chi connectivity index (χ1) is 8.68. The summed E-state index contributed by atoms with van der Waals surface area (Å²) in [4.78, 5) is 5.73. The maximum Gasteiger partial charge on any atom is 0.0794 e. The van der Waals surface area contributed by atoms with Crippen molar-refractivity contribution in [1.82, 2.24) is 10.3 Å². The molecular weight excluding hydrogens is 240 g/mol. The Hall–Kier alpha value is -0.410. The lowest BCUT2D eigenvalue weighted by atomic mass is 9.70. The Labute approximate surface area is 114 Å². The highest BCUT2D eigenvalue weighted by molar-refractivity contribution is 7.09. The molecule has 1 aromatic rings. The molecule has 1 aromatic heterocycles. The van der Waals surface area contributed by atoms with Gasteiger partial charge in [-0.2, -0.15) is 0 Å². The first-order valence-electron chi connectivity index (χ1n) is 7.29. The van der Waals surface area contributed by atoms with Gasteiger partial charge in [-0.05, 0) is 42.9 Å². The quantitative estimate of drug-likeness (QED) is 0.880. The van der Waals surface area contributed by atoms with E-state index >= 15 is 0 Å². The molecule has 1 heterocycles. The van der Waals surface area contributed by atoms with Crippen molar-refractivity contribution >= 4 is 11.3 Å². The van der Waals surface area contributed by atoms with Gasteiger partial charge >= 0.3 is 0 Å². The number of hydrogen-bond acceptors (Lipinski definition) is 3. The van der Waals surface area contributed by atoms with Gasteiger partial charge in [0.15, 0.2) is 0 Å². The molecule has 3 heteroatoms. The number of hydrogen-bond donors (Lipinski definition) is 1. The maximum atomic E-state index is 4.25. The number of fused-ring (bicyclic) bond motifs is 2. The number of nitrogens with one attached hydrogen (secondary N) is 1. The number of aromatic nitrogens is 1. The molecule has 2 bridgehead atoms. The number of rotatable bonds is 5. The summed E-state index contributed by atoms with van der Waals surface area (Å²) in [5, 5.41) is 3.71. The van der Waals surface area contributed by atoms with E-state index in [0.717, 1.165) is 11.8 Å². The van der Waals surface area contributed by atoms with Crippen molar-refractivity contribution in [3.05, 3.63) is 16.6 Å². The molecule has 0 aromatic carbocycles. The fraction of sp³-hybridized carbons (Fsp3) is 0.800. The van der Waals surface area contributed by atoms with Gasteiger partial charge in [0.1, 0.15) is 0 Å². The van der Waals surface area contributed by atoms with Crippen molar-refractivity contribution in [3.63, 3.8) is 0 Å². The SMILES string of the molecule is CC(C)NCC1(Cc2cncs2)CC2CCC1C2. The highest BCUT2D eigenvalue weighted by Gasteiger charge is 2.50. The van der Waals surface area contributed by atoms with Crippen LogP contribution < -0.4 is 5.32 Å². The molecule has 3 rings (SSSR count). The molecule has 3 atom stereocenters. The Bertz CT molecular complexity index is 387. The Morgan fingerprint density at radius 3 is 2.94 bits per heavy atom. The van der Waals surface area contributed by atoms with Crippen molar-refractivity contribution in [1.29, 1.82) is 0 Å². The van der Waals surface area contributed by atoms with Gasteiger partial charge < -0.3 is 5.32 Å². The van der Waals surface area contributed by atoms with E-state index in [9.17, 15) is 0 Å². The summed E-state index contributed by atoms with van der Waals surface area (Å²) in [7, 11) is 0. The molecule has 2 aliphatic rings. The van der Waals surface area contributed by atoms with E-state index < -0.39 is 0 Å². The van der Waals surface area contributed by atoms with Gasteiger partial charge in [0, 0.05) is 23.7 Å². The van der Waals surface area contributed by atoms with Crippen molar-refractivity contribution in [2.75, 3.05) is 6.54 Å². The van der Waals surface area contributed by atoms with Crippen molar-refractivity contribution < 1.29 is 0 Å². The van der Waals surface area contributed by atoms with Crippen molar-refractivity contribution in [3.8, 4) is 0 Å². The van der Waals surface area contributed by atoms with Gasteiger partial charge in [-0.3, -0.25) is 4.98 Å². The summed E-state index contributed by atoms with van der Waals surface area (Å²) in [6.07, 6.45) is 9.19. The van der Waals surface area contributed by atoms with Crippen LogP contribution in [0.15, 0.2) is 11.7 Å². The first kappa shape index (κ1) is 12.6. The van der Waals surface area contributed by atoms with Gasteiger partial charge in [-0.25, -0.2) is 0 Å². The molecule has 2 saturated carbocycles. The van der Waals surface area contributed by atoms with Crippen LogP contribution in [0.4, 0.5) is 0 Å². The lowest BCUT2D eigenvalue weighted by molar-refractivity contribution is 0.153. The Morgan fingerprint density at radius 1 is 1.50 bits per heavy atom. The monoisotopic (exact) mass is 264 g/mol. The van der Waals surface area contributed by atoms with Crippen molar-refractivity contribution in [2.24, 2.45) is 17.3 Å². The van der Waals surface area contributed by atoms with E-state index in [1.165, 1.54) is 43.5 Å². The van der Waals surface area contributed by atoms with E-state index in [2.05, 4.69) is 30.3 Å². The van der Waals surface area contributed by atoms with Crippen LogP contribution in [-0.4, -0.2) is 17.6 Å². The minimum Gasteiger partial charge on any atom is -0.314 e. The standard InChI is InChI=1S/C15H24N2S/c1-11(2)17-9-15(7-14-8-16-10-18-14)6-12-3-4-13(15)5-12/h8,10-13,17H,3-7,9H2,1-2H3. The minimum atomic E-state index is 0.528. The first-order valence-corrected chi connectivity index (χ1v) is 8.17. The van der Waals surface area contributed by atoms with Crippen LogP contribution >= 0.6 is 11.3 Å². The lowest BCUT2D eigenvalue weighted by Crippen LogP contribution is -2.42. The van der Waals surface area contributed by atoms with Crippen LogP contribution in [0.2, 0.25) is 0 Å². The zero-order valence-corrected chi connectivity index (χ0v) is 12.3. The Kier molecular flexibility index (Phi) is 3.46. The number of thiazole rings is 1. The smallest absolute Gasteiger partial charge is 0.0794 e. The van der Waals surface area contributed by atoms with Gasteiger partial charge in [0.2, 0.25) is 0 Å². The highest BCUT2D eigenvalue weighted by Crippen LogP contribution is 2.57. The molecule has 2 aliphatic carbocycles. The van der Waals surface area contributed by atoms with Gasteiger partial charge in [0.25, 0.3) is 0 Å². The van der Waals surface area contributed by atoms with Crippen LogP contribution in [0.3, 0.4) is 0 Å². The molecule has 18 heavy (non-hydrogen) atoms. The fourth-order valence-electron chi connectivity index (χ4n) is 4.14. The van der Waals surface area contributed by atoms with Gasteiger partial charge in [-0.15, -0.1) is 11.3 Å². The molecular formula is C15H24N2S.